The van der Waals surface area contributed by atoms with Gasteiger partial charge in [-0.3, -0.25) is 4.79 Å². The van der Waals surface area contributed by atoms with E-state index in [2.05, 4.69) is 4.57 Å². The molecule has 6 nitrogen and oxygen atoms in total. The Morgan fingerprint density at radius 2 is 1.65 bits per heavy atom. The number of ketones is 1. The second-order valence-electron chi connectivity index (χ2n) is 7.35. The SMILES string of the molecule is COc1ccc2c(c1)c1nc3ccccc3nc1n2CCOc1ccc(C(C)=O)cc1. The van der Waals surface area contributed by atoms with Crippen LogP contribution in [0.5, 0.6) is 11.5 Å². The van der Waals surface area contributed by atoms with Gasteiger partial charge in [0.2, 0.25) is 0 Å². The van der Waals surface area contributed by atoms with Crippen molar-refractivity contribution in [3.8, 4) is 11.5 Å². The highest BCUT2D eigenvalue weighted by Crippen LogP contribution is 2.31. The zero-order valence-electron chi connectivity index (χ0n) is 17.3. The van der Waals surface area contributed by atoms with Crippen molar-refractivity contribution in [1.82, 2.24) is 14.5 Å². The summed E-state index contributed by atoms with van der Waals surface area (Å²) in [5.74, 6) is 1.55. The number of carbonyl (C=O) groups is 1. The third kappa shape index (κ3) is 3.46. The molecule has 3 aromatic carbocycles. The number of benzene rings is 3. The number of hydrogen-bond acceptors (Lipinski definition) is 5. The van der Waals surface area contributed by atoms with Gasteiger partial charge in [-0.1, -0.05) is 12.1 Å². The highest BCUT2D eigenvalue weighted by Gasteiger charge is 2.15. The smallest absolute Gasteiger partial charge is 0.160 e. The second-order valence-corrected chi connectivity index (χ2v) is 7.35. The number of nitrogens with zero attached hydrogens (tertiary/aromatic N) is 3. The molecule has 0 atom stereocenters. The number of aromatic nitrogens is 3. The average molecular weight is 411 g/mol. The van der Waals surface area contributed by atoms with Crippen molar-refractivity contribution in [2.45, 2.75) is 13.5 Å². The van der Waals surface area contributed by atoms with E-state index < -0.39 is 0 Å². The standard InChI is InChI=1S/C25H21N3O3/c1-16(29)17-7-9-18(10-8-17)31-14-13-28-23-12-11-19(30-2)15-20(23)24-25(28)27-22-6-4-3-5-21(22)26-24/h3-12,15H,13-14H2,1-2H3. The molecule has 2 aromatic heterocycles. The maximum absolute atomic E-state index is 11.4. The number of methoxy groups -OCH3 is 1. The van der Waals surface area contributed by atoms with E-state index >= 15 is 0 Å². The van der Waals surface area contributed by atoms with Crippen molar-refractivity contribution in [3.05, 3.63) is 72.3 Å². The number of para-hydroxylation sites is 2. The van der Waals surface area contributed by atoms with Crippen LogP contribution in [0.4, 0.5) is 0 Å². The molecule has 0 saturated heterocycles. The summed E-state index contributed by atoms with van der Waals surface area (Å²) >= 11 is 0. The van der Waals surface area contributed by atoms with Gasteiger partial charge in [0.05, 0.1) is 30.2 Å². The molecule has 0 fully saturated rings. The Morgan fingerprint density at radius 1 is 0.935 bits per heavy atom. The Kier molecular flexibility index (Phi) is 4.75. The summed E-state index contributed by atoms with van der Waals surface area (Å²) in [4.78, 5) is 21.2. The van der Waals surface area contributed by atoms with Gasteiger partial charge in [-0.15, -0.1) is 0 Å². The van der Waals surface area contributed by atoms with Crippen LogP contribution in [0.3, 0.4) is 0 Å². The Hall–Kier alpha value is -3.93. The molecule has 0 radical (unpaired) electrons. The molecule has 2 heterocycles. The van der Waals surface area contributed by atoms with Crippen molar-refractivity contribution in [2.75, 3.05) is 13.7 Å². The number of ether oxygens (including phenoxy) is 2. The lowest BCUT2D eigenvalue weighted by molar-refractivity contribution is 0.101. The van der Waals surface area contributed by atoms with Crippen LogP contribution < -0.4 is 9.47 Å². The normalized spacial score (nSPS) is 11.3. The molecular formula is C25H21N3O3. The zero-order chi connectivity index (χ0) is 21.4. The van der Waals surface area contributed by atoms with Crippen LogP contribution >= 0.6 is 0 Å². The van der Waals surface area contributed by atoms with Crippen LogP contribution in [0, 0.1) is 0 Å². The average Bonchev–Trinajstić information content (AvgIpc) is 3.10. The molecule has 0 aliphatic carbocycles. The molecule has 31 heavy (non-hydrogen) atoms. The van der Waals surface area contributed by atoms with E-state index in [1.54, 1.807) is 26.2 Å². The van der Waals surface area contributed by atoms with Crippen LogP contribution in [0.15, 0.2) is 66.7 Å². The summed E-state index contributed by atoms with van der Waals surface area (Å²) in [6.07, 6.45) is 0. The van der Waals surface area contributed by atoms with Crippen molar-refractivity contribution >= 4 is 38.9 Å². The van der Waals surface area contributed by atoms with Crippen molar-refractivity contribution in [2.24, 2.45) is 0 Å². The number of carbonyl (C=O) groups excluding carboxylic acids is 1. The predicted molar refractivity (Wildman–Crippen MR) is 121 cm³/mol. The summed E-state index contributed by atoms with van der Waals surface area (Å²) in [5.41, 5.74) is 5.08. The van der Waals surface area contributed by atoms with E-state index in [0.29, 0.717) is 18.7 Å². The maximum Gasteiger partial charge on any atom is 0.160 e. The minimum Gasteiger partial charge on any atom is -0.497 e. The van der Waals surface area contributed by atoms with Gasteiger partial charge in [-0.25, -0.2) is 9.97 Å². The molecule has 0 N–H and O–H groups in total. The molecule has 0 aliphatic heterocycles. The number of fused-ring (bicyclic) bond motifs is 4. The fraction of sp³-hybridized carbons (Fsp3) is 0.160. The van der Waals surface area contributed by atoms with Crippen LogP contribution in [-0.2, 0) is 6.54 Å². The van der Waals surface area contributed by atoms with Crippen molar-refractivity contribution in [3.63, 3.8) is 0 Å². The van der Waals surface area contributed by atoms with E-state index in [9.17, 15) is 4.79 Å². The Balaban J connectivity index is 1.53. The third-order valence-electron chi connectivity index (χ3n) is 5.40. The molecule has 0 aliphatic rings. The van der Waals surface area contributed by atoms with E-state index in [4.69, 9.17) is 19.4 Å². The molecule has 0 spiro atoms. The lowest BCUT2D eigenvalue weighted by Crippen LogP contribution is -2.09. The minimum atomic E-state index is 0.0399. The molecule has 154 valence electrons. The summed E-state index contributed by atoms with van der Waals surface area (Å²) in [5, 5.41) is 0.999. The summed E-state index contributed by atoms with van der Waals surface area (Å²) in [6, 6.07) is 21.0. The molecular weight excluding hydrogens is 390 g/mol. The number of Topliss-reactive ketones (excluding diaryl/α,β-unsaturated/α-hetero) is 1. The highest BCUT2D eigenvalue weighted by atomic mass is 16.5. The maximum atomic E-state index is 11.4. The molecule has 0 bridgehead atoms. The van der Waals surface area contributed by atoms with Crippen molar-refractivity contribution in [1.29, 1.82) is 0 Å². The van der Waals surface area contributed by atoms with Gasteiger partial charge >= 0.3 is 0 Å². The largest absolute Gasteiger partial charge is 0.497 e. The first-order valence-corrected chi connectivity index (χ1v) is 10.1. The highest BCUT2D eigenvalue weighted by molar-refractivity contribution is 6.07. The quantitative estimate of drug-likeness (QED) is 0.367. The van der Waals surface area contributed by atoms with Gasteiger partial charge < -0.3 is 14.0 Å². The first-order valence-electron chi connectivity index (χ1n) is 10.1. The lowest BCUT2D eigenvalue weighted by Gasteiger charge is -2.10. The van der Waals surface area contributed by atoms with Gasteiger partial charge in [-0.05, 0) is 61.5 Å². The first-order chi connectivity index (χ1) is 15.1. The first kappa shape index (κ1) is 19.1. The second kappa shape index (κ2) is 7.72. The van der Waals surface area contributed by atoms with Crippen molar-refractivity contribution < 1.29 is 14.3 Å². The van der Waals surface area contributed by atoms with Gasteiger partial charge in [0, 0.05) is 10.9 Å². The fourth-order valence-corrected chi connectivity index (χ4v) is 3.81. The van der Waals surface area contributed by atoms with E-state index in [1.807, 2.05) is 54.6 Å². The molecule has 0 saturated carbocycles. The summed E-state index contributed by atoms with van der Waals surface area (Å²) < 4.78 is 13.5. The molecule has 6 heteroatoms. The molecule has 5 rings (SSSR count). The van der Waals surface area contributed by atoms with E-state index in [-0.39, 0.29) is 5.78 Å². The van der Waals surface area contributed by atoms with Crippen LogP contribution in [0.1, 0.15) is 17.3 Å². The molecule has 0 amide bonds. The zero-order valence-corrected chi connectivity index (χ0v) is 17.3. The Bertz CT molecular complexity index is 1420. The predicted octanol–water partition coefficient (Wildman–Crippen LogP) is 5.03. The van der Waals surface area contributed by atoms with Gasteiger partial charge in [0.25, 0.3) is 0 Å². The van der Waals surface area contributed by atoms with E-state index in [0.717, 1.165) is 44.6 Å². The Morgan fingerprint density at radius 3 is 2.35 bits per heavy atom. The monoisotopic (exact) mass is 411 g/mol. The summed E-state index contributed by atoms with van der Waals surface area (Å²) in [6.45, 7) is 2.62. The minimum absolute atomic E-state index is 0.0399. The third-order valence-corrected chi connectivity index (χ3v) is 5.40. The van der Waals surface area contributed by atoms with Crippen LogP contribution in [0.2, 0.25) is 0 Å². The molecule has 5 aromatic rings. The Labute approximate surface area is 179 Å². The van der Waals surface area contributed by atoms with E-state index in [1.165, 1.54) is 0 Å². The van der Waals surface area contributed by atoms with Crippen LogP contribution in [-0.4, -0.2) is 34.0 Å². The van der Waals surface area contributed by atoms with Crippen LogP contribution in [0.25, 0.3) is 33.1 Å². The van der Waals surface area contributed by atoms with Gasteiger partial charge in [-0.2, -0.15) is 0 Å². The van der Waals surface area contributed by atoms with Gasteiger partial charge in [0.15, 0.2) is 11.4 Å². The fourth-order valence-electron chi connectivity index (χ4n) is 3.81. The summed E-state index contributed by atoms with van der Waals surface area (Å²) in [7, 11) is 1.66. The lowest BCUT2D eigenvalue weighted by atomic mass is 10.1. The van der Waals surface area contributed by atoms with Gasteiger partial charge in [0.1, 0.15) is 23.6 Å². The molecule has 0 unspecified atom stereocenters. The topological polar surface area (TPSA) is 66.2 Å². The number of rotatable bonds is 6. The number of hydrogen-bond donors (Lipinski definition) is 0.